The molecule has 0 aromatic heterocycles. The zero-order chi connectivity index (χ0) is 26.4. The Morgan fingerprint density at radius 1 is 0.417 bits per heavy atom. The molecule has 0 aliphatic rings. The summed E-state index contributed by atoms with van der Waals surface area (Å²) in [5, 5.41) is 5.72. The molecule has 2 amide bonds. The molecule has 0 fully saturated rings. The molecule has 6 nitrogen and oxygen atoms in total. The van der Waals surface area contributed by atoms with Crippen molar-refractivity contribution >= 4 is 12.2 Å². The standard InChI is InChI=1S/C30H60N2O4/c1-3-5-7-9-19-23-27-35-29(33)31-25-21-17-15-13-11-12-14-16-18-22-26-32-30(34)36-28-24-20-10-8-6-4-2/h3-28H2,1-2H3,(H,31,33)(H,32,34). The first kappa shape index (κ1) is 34.5. The third-order valence-electron chi connectivity index (χ3n) is 6.60. The van der Waals surface area contributed by atoms with Gasteiger partial charge in [0.25, 0.3) is 0 Å². The van der Waals surface area contributed by atoms with Crippen molar-refractivity contribution in [2.75, 3.05) is 26.3 Å². The SMILES string of the molecule is CCCCCCCCOC(=O)NCCCCCCCCCCCCNC(=O)OCCCCCCCC. The average Bonchev–Trinajstić information content (AvgIpc) is 2.87. The summed E-state index contributed by atoms with van der Waals surface area (Å²) in [5.74, 6) is 0. The number of carbonyl (C=O) groups excluding carboxylic acids is 2. The molecule has 0 spiro atoms. The quantitative estimate of drug-likeness (QED) is 0.108. The van der Waals surface area contributed by atoms with Crippen molar-refractivity contribution in [3.05, 3.63) is 0 Å². The fourth-order valence-electron chi connectivity index (χ4n) is 4.24. The van der Waals surface area contributed by atoms with Gasteiger partial charge in [-0.2, -0.15) is 0 Å². The fraction of sp³-hybridized carbons (Fsp3) is 0.933. The van der Waals surface area contributed by atoms with Crippen molar-refractivity contribution < 1.29 is 19.1 Å². The van der Waals surface area contributed by atoms with E-state index in [1.54, 1.807) is 0 Å². The monoisotopic (exact) mass is 512 g/mol. The number of amides is 2. The molecule has 0 radical (unpaired) electrons. The molecule has 0 unspecified atom stereocenters. The van der Waals surface area contributed by atoms with Crippen LogP contribution in [0.5, 0.6) is 0 Å². The fourth-order valence-corrected chi connectivity index (χ4v) is 4.24. The maximum atomic E-state index is 11.6. The van der Waals surface area contributed by atoms with Gasteiger partial charge in [0.15, 0.2) is 0 Å². The Balaban J connectivity index is 3.20. The largest absolute Gasteiger partial charge is 0.450 e. The lowest BCUT2D eigenvalue weighted by atomic mass is 10.1. The van der Waals surface area contributed by atoms with Gasteiger partial charge < -0.3 is 20.1 Å². The molecule has 0 aromatic rings. The molecule has 36 heavy (non-hydrogen) atoms. The van der Waals surface area contributed by atoms with E-state index in [1.165, 1.54) is 103 Å². The predicted octanol–water partition coefficient (Wildman–Crippen LogP) is 9.06. The number of unbranched alkanes of at least 4 members (excludes halogenated alkanes) is 19. The van der Waals surface area contributed by atoms with Gasteiger partial charge in [-0.15, -0.1) is 0 Å². The van der Waals surface area contributed by atoms with Crippen LogP contribution in [0.15, 0.2) is 0 Å². The van der Waals surface area contributed by atoms with Crippen molar-refractivity contribution in [3.8, 4) is 0 Å². The first-order chi connectivity index (χ1) is 17.7. The molecule has 0 heterocycles. The number of hydrogen-bond acceptors (Lipinski definition) is 4. The van der Waals surface area contributed by atoms with E-state index in [4.69, 9.17) is 9.47 Å². The first-order valence-electron chi connectivity index (χ1n) is 15.5. The summed E-state index contributed by atoms with van der Waals surface area (Å²) >= 11 is 0. The van der Waals surface area contributed by atoms with Crippen LogP contribution in [-0.4, -0.2) is 38.5 Å². The van der Waals surface area contributed by atoms with Crippen LogP contribution in [0.3, 0.4) is 0 Å². The summed E-state index contributed by atoms with van der Waals surface area (Å²) in [4.78, 5) is 23.3. The van der Waals surface area contributed by atoms with Crippen LogP contribution in [0.1, 0.15) is 155 Å². The Labute approximate surface area is 223 Å². The maximum Gasteiger partial charge on any atom is 0.407 e. The molecular formula is C30H60N2O4. The summed E-state index contributed by atoms with van der Waals surface area (Å²) in [5.41, 5.74) is 0. The molecule has 0 bridgehead atoms. The highest BCUT2D eigenvalue weighted by atomic mass is 16.6. The number of nitrogens with one attached hydrogen (secondary N) is 2. The van der Waals surface area contributed by atoms with Gasteiger partial charge in [-0.05, 0) is 25.7 Å². The normalized spacial score (nSPS) is 10.8. The number of hydrogen-bond donors (Lipinski definition) is 2. The molecule has 6 heteroatoms. The van der Waals surface area contributed by atoms with Crippen LogP contribution >= 0.6 is 0 Å². The van der Waals surface area contributed by atoms with E-state index in [-0.39, 0.29) is 12.2 Å². The van der Waals surface area contributed by atoms with Gasteiger partial charge in [-0.25, -0.2) is 9.59 Å². The Morgan fingerprint density at radius 2 is 0.694 bits per heavy atom. The second kappa shape index (κ2) is 29.8. The van der Waals surface area contributed by atoms with Gasteiger partial charge in [-0.3, -0.25) is 0 Å². The van der Waals surface area contributed by atoms with Gasteiger partial charge in [0.1, 0.15) is 0 Å². The van der Waals surface area contributed by atoms with E-state index in [2.05, 4.69) is 24.5 Å². The van der Waals surface area contributed by atoms with Gasteiger partial charge in [0.05, 0.1) is 13.2 Å². The molecule has 0 saturated heterocycles. The smallest absolute Gasteiger partial charge is 0.407 e. The molecular weight excluding hydrogens is 452 g/mol. The van der Waals surface area contributed by atoms with E-state index in [0.29, 0.717) is 13.2 Å². The molecule has 0 aliphatic carbocycles. The highest BCUT2D eigenvalue weighted by molar-refractivity contribution is 5.67. The van der Waals surface area contributed by atoms with Gasteiger partial charge in [0.2, 0.25) is 0 Å². The third kappa shape index (κ3) is 28.8. The molecule has 2 N–H and O–H groups in total. The highest BCUT2D eigenvalue weighted by Gasteiger charge is 2.02. The zero-order valence-electron chi connectivity index (χ0n) is 24.0. The lowest BCUT2D eigenvalue weighted by molar-refractivity contribution is 0.142. The Morgan fingerprint density at radius 3 is 1.03 bits per heavy atom. The minimum Gasteiger partial charge on any atom is -0.450 e. The molecule has 0 saturated carbocycles. The van der Waals surface area contributed by atoms with E-state index in [1.807, 2.05) is 0 Å². The van der Waals surface area contributed by atoms with Crippen LogP contribution in [0.25, 0.3) is 0 Å². The lowest BCUT2D eigenvalue weighted by Gasteiger charge is -2.07. The summed E-state index contributed by atoms with van der Waals surface area (Å²) in [6.45, 7) is 6.96. The van der Waals surface area contributed by atoms with Crippen LogP contribution in [0.4, 0.5) is 9.59 Å². The first-order valence-corrected chi connectivity index (χ1v) is 15.5. The second-order valence-electron chi connectivity index (χ2n) is 10.2. The number of rotatable bonds is 27. The van der Waals surface area contributed by atoms with Gasteiger partial charge in [-0.1, -0.05) is 129 Å². The Kier molecular flexibility index (Phi) is 28.6. The van der Waals surface area contributed by atoms with Gasteiger partial charge >= 0.3 is 12.2 Å². The summed E-state index contributed by atoms with van der Waals surface area (Å²) in [6, 6.07) is 0. The summed E-state index contributed by atoms with van der Waals surface area (Å²) < 4.78 is 10.4. The Hall–Kier alpha value is -1.46. The number of alkyl carbamates (subject to hydrolysis) is 2. The van der Waals surface area contributed by atoms with Crippen molar-refractivity contribution in [2.45, 2.75) is 155 Å². The number of ether oxygens (including phenoxy) is 2. The second-order valence-corrected chi connectivity index (χ2v) is 10.2. The van der Waals surface area contributed by atoms with Crippen molar-refractivity contribution in [1.82, 2.24) is 10.6 Å². The topological polar surface area (TPSA) is 76.7 Å². The predicted molar refractivity (Wildman–Crippen MR) is 152 cm³/mol. The lowest BCUT2D eigenvalue weighted by Crippen LogP contribution is -2.25. The molecule has 0 atom stereocenters. The minimum absolute atomic E-state index is 0.260. The molecule has 0 aliphatic heterocycles. The van der Waals surface area contributed by atoms with E-state index < -0.39 is 0 Å². The highest BCUT2D eigenvalue weighted by Crippen LogP contribution is 2.10. The third-order valence-corrected chi connectivity index (χ3v) is 6.60. The Bertz CT molecular complexity index is 432. The van der Waals surface area contributed by atoms with Crippen LogP contribution in [0.2, 0.25) is 0 Å². The summed E-state index contributed by atoms with van der Waals surface area (Å²) in [6.07, 6.45) is 25.9. The van der Waals surface area contributed by atoms with Crippen LogP contribution < -0.4 is 10.6 Å². The van der Waals surface area contributed by atoms with Crippen LogP contribution in [-0.2, 0) is 9.47 Å². The van der Waals surface area contributed by atoms with Gasteiger partial charge in [0, 0.05) is 13.1 Å². The molecule has 0 rings (SSSR count). The van der Waals surface area contributed by atoms with Crippen molar-refractivity contribution in [1.29, 1.82) is 0 Å². The number of carbonyl (C=O) groups is 2. The van der Waals surface area contributed by atoms with Crippen molar-refractivity contribution in [3.63, 3.8) is 0 Å². The van der Waals surface area contributed by atoms with E-state index >= 15 is 0 Å². The maximum absolute atomic E-state index is 11.6. The van der Waals surface area contributed by atoms with Crippen LogP contribution in [0, 0.1) is 0 Å². The summed E-state index contributed by atoms with van der Waals surface area (Å²) in [7, 11) is 0. The minimum atomic E-state index is -0.260. The molecule has 0 aromatic carbocycles. The zero-order valence-corrected chi connectivity index (χ0v) is 24.0. The van der Waals surface area contributed by atoms with E-state index in [9.17, 15) is 9.59 Å². The average molecular weight is 513 g/mol. The van der Waals surface area contributed by atoms with E-state index in [0.717, 1.165) is 51.6 Å². The van der Waals surface area contributed by atoms with Crippen molar-refractivity contribution in [2.24, 2.45) is 0 Å². The molecule has 214 valence electrons.